The Morgan fingerprint density at radius 3 is 2.24 bits per heavy atom. The average Bonchev–Trinajstić information content (AvgIpc) is 2.82. The third-order valence-electron chi connectivity index (χ3n) is 4.97. The predicted molar refractivity (Wildman–Crippen MR) is 92.2 cm³/mol. The molecule has 0 atom stereocenters. The Morgan fingerprint density at radius 2 is 1.56 bits per heavy atom. The van der Waals surface area contributed by atoms with Crippen LogP contribution in [0.15, 0.2) is 60.8 Å². The number of alkyl halides is 3. The van der Waals surface area contributed by atoms with E-state index in [4.69, 9.17) is 0 Å². The van der Waals surface area contributed by atoms with Crippen molar-refractivity contribution in [1.29, 1.82) is 0 Å². The summed E-state index contributed by atoms with van der Waals surface area (Å²) in [7, 11) is 0. The van der Waals surface area contributed by atoms with Gasteiger partial charge < -0.3 is 0 Å². The van der Waals surface area contributed by atoms with Gasteiger partial charge in [-0.15, -0.1) is 0 Å². The molecule has 1 aliphatic carbocycles. The van der Waals surface area contributed by atoms with Crippen molar-refractivity contribution < 1.29 is 13.2 Å². The smallest absolute Gasteiger partial charge is 0.256 e. The number of hydrogen-bond donors (Lipinski definition) is 0. The highest BCUT2D eigenvalue weighted by atomic mass is 19.4. The molecule has 0 unspecified atom stereocenters. The zero-order valence-corrected chi connectivity index (χ0v) is 13.9. The maximum Gasteiger partial charge on any atom is 0.417 e. The molecule has 0 spiro atoms. The SMILES string of the molecule is CC1(C)c2ccccc2-c2ccc(-c3ccc(C(F)(F)F)cn3)cc21. The highest BCUT2D eigenvalue weighted by molar-refractivity contribution is 5.83. The van der Waals surface area contributed by atoms with Crippen LogP contribution in [0.3, 0.4) is 0 Å². The number of aromatic nitrogens is 1. The lowest BCUT2D eigenvalue weighted by atomic mass is 9.82. The molecule has 2 aromatic carbocycles. The molecule has 0 amide bonds. The highest BCUT2D eigenvalue weighted by Gasteiger charge is 2.35. The van der Waals surface area contributed by atoms with E-state index in [-0.39, 0.29) is 5.41 Å². The lowest BCUT2D eigenvalue weighted by Crippen LogP contribution is -2.14. The minimum absolute atomic E-state index is 0.145. The van der Waals surface area contributed by atoms with Crippen LogP contribution in [0, 0.1) is 0 Å². The molecule has 0 radical (unpaired) electrons. The van der Waals surface area contributed by atoms with Gasteiger partial charge in [0.2, 0.25) is 0 Å². The molecule has 4 heteroatoms. The predicted octanol–water partition coefficient (Wildman–Crippen LogP) is 6.07. The molecule has 1 nitrogen and oxygen atoms in total. The molecule has 25 heavy (non-hydrogen) atoms. The number of nitrogens with zero attached hydrogens (tertiary/aromatic N) is 1. The Morgan fingerprint density at radius 1 is 0.840 bits per heavy atom. The third-order valence-corrected chi connectivity index (χ3v) is 4.97. The van der Waals surface area contributed by atoms with Crippen molar-refractivity contribution in [3.63, 3.8) is 0 Å². The van der Waals surface area contributed by atoms with Crippen molar-refractivity contribution in [3.8, 4) is 22.4 Å². The summed E-state index contributed by atoms with van der Waals surface area (Å²) in [6.07, 6.45) is -3.48. The molecule has 0 saturated carbocycles. The Bertz CT molecular complexity index is 954. The zero-order valence-electron chi connectivity index (χ0n) is 13.9. The minimum atomic E-state index is -4.37. The maximum absolute atomic E-state index is 12.7. The summed E-state index contributed by atoms with van der Waals surface area (Å²) in [5, 5.41) is 0. The number of benzene rings is 2. The molecule has 0 fully saturated rings. The average molecular weight is 339 g/mol. The lowest BCUT2D eigenvalue weighted by Gasteiger charge is -2.21. The van der Waals surface area contributed by atoms with Crippen LogP contribution in [-0.4, -0.2) is 4.98 Å². The van der Waals surface area contributed by atoms with Crippen LogP contribution in [0.4, 0.5) is 13.2 Å². The van der Waals surface area contributed by atoms with Crippen LogP contribution in [0.2, 0.25) is 0 Å². The molecule has 126 valence electrons. The fourth-order valence-corrected chi connectivity index (χ4v) is 3.60. The second-order valence-corrected chi connectivity index (χ2v) is 6.86. The summed E-state index contributed by atoms with van der Waals surface area (Å²) >= 11 is 0. The third kappa shape index (κ3) is 2.44. The van der Waals surface area contributed by atoms with E-state index in [1.165, 1.54) is 28.3 Å². The normalized spacial score (nSPS) is 14.9. The molecule has 4 rings (SSSR count). The molecule has 0 aliphatic heterocycles. The second kappa shape index (κ2) is 5.19. The monoisotopic (exact) mass is 339 g/mol. The van der Waals surface area contributed by atoms with Crippen LogP contribution in [-0.2, 0) is 11.6 Å². The van der Waals surface area contributed by atoms with Gasteiger partial charge in [0.15, 0.2) is 0 Å². The highest BCUT2D eigenvalue weighted by Crippen LogP contribution is 2.49. The Labute approximate surface area is 144 Å². The van der Waals surface area contributed by atoms with Gasteiger partial charge in [0.1, 0.15) is 0 Å². The van der Waals surface area contributed by atoms with Gasteiger partial charge in [0.05, 0.1) is 11.3 Å². The van der Waals surface area contributed by atoms with E-state index in [0.29, 0.717) is 5.69 Å². The molecule has 0 bridgehead atoms. The van der Waals surface area contributed by atoms with Gasteiger partial charge in [-0.05, 0) is 40.5 Å². The van der Waals surface area contributed by atoms with E-state index in [1.807, 2.05) is 30.3 Å². The largest absolute Gasteiger partial charge is 0.417 e. The van der Waals surface area contributed by atoms with E-state index in [1.54, 1.807) is 0 Å². The van der Waals surface area contributed by atoms with Gasteiger partial charge in [-0.1, -0.05) is 50.2 Å². The van der Waals surface area contributed by atoms with Gasteiger partial charge in [-0.25, -0.2) is 0 Å². The van der Waals surface area contributed by atoms with E-state index < -0.39 is 11.7 Å². The summed E-state index contributed by atoms with van der Waals surface area (Å²) in [4.78, 5) is 4.02. The van der Waals surface area contributed by atoms with Crippen molar-refractivity contribution in [2.24, 2.45) is 0 Å². The summed E-state index contributed by atoms with van der Waals surface area (Å²) in [6.45, 7) is 4.34. The molecule has 0 N–H and O–H groups in total. The van der Waals surface area contributed by atoms with Gasteiger partial charge in [0, 0.05) is 17.2 Å². The van der Waals surface area contributed by atoms with Crippen LogP contribution < -0.4 is 0 Å². The Balaban J connectivity index is 1.80. The first-order valence-corrected chi connectivity index (χ1v) is 8.06. The van der Waals surface area contributed by atoms with Crippen molar-refractivity contribution in [3.05, 3.63) is 77.5 Å². The number of halogens is 3. The van der Waals surface area contributed by atoms with Gasteiger partial charge >= 0.3 is 6.18 Å². The molecule has 3 aromatic rings. The lowest BCUT2D eigenvalue weighted by molar-refractivity contribution is -0.137. The number of pyridine rings is 1. The van der Waals surface area contributed by atoms with Crippen molar-refractivity contribution in [1.82, 2.24) is 4.98 Å². The number of fused-ring (bicyclic) bond motifs is 3. The molecule has 1 heterocycles. The number of rotatable bonds is 1. The first-order chi connectivity index (χ1) is 11.8. The van der Waals surface area contributed by atoms with Crippen molar-refractivity contribution in [2.45, 2.75) is 25.4 Å². The van der Waals surface area contributed by atoms with Crippen LogP contribution in [0.25, 0.3) is 22.4 Å². The summed E-state index contributed by atoms with van der Waals surface area (Å²) in [5.41, 5.74) is 5.33. The molecular formula is C21H16F3N. The fourth-order valence-electron chi connectivity index (χ4n) is 3.60. The van der Waals surface area contributed by atoms with Crippen LogP contribution in [0.5, 0.6) is 0 Å². The van der Waals surface area contributed by atoms with Gasteiger partial charge in [-0.3, -0.25) is 4.98 Å². The summed E-state index contributed by atoms with van der Waals surface area (Å²) in [6, 6.07) is 16.8. The summed E-state index contributed by atoms with van der Waals surface area (Å²) in [5.74, 6) is 0. The summed E-state index contributed by atoms with van der Waals surface area (Å²) < 4.78 is 38.1. The van der Waals surface area contributed by atoms with Gasteiger partial charge in [-0.2, -0.15) is 13.2 Å². The maximum atomic E-state index is 12.7. The quantitative estimate of drug-likeness (QED) is 0.524. The minimum Gasteiger partial charge on any atom is -0.256 e. The first-order valence-electron chi connectivity index (χ1n) is 8.06. The van der Waals surface area contributed by atoms with Crippen LogP contribution in [0.1, 0.15) is 30.5 Å². The molecule has 0 saturated heterocycles. The first kappa shape index (κ1) is 15.9. The van der Waals surface area contributed by atoms with E-state index in [2.05, 4.69) is 31.0 Å². The molecule has 1 aliphatic rings. The standard InChI is InChI=1S/C21H16F3N/c1-20(2)17-6-4-3-5-15(17)16-9-7-13(11-18(16)20)19-10-8-14(12-25-19)21(22,23)24/h3-12H,1-2H3. The van der Waals surface area contributed by atoms with E-state index in [9.17, 15) is 13.2 Å². The fraction of sp³-hybridized carbons (Fsp3) is 0.190. The number of hydrogen-bond acceptors (Lipinski definition) is 1. The molecule has 1 aromatic heterocycles. The van der Waals surface area contributed by atoms with E-state index in [0.717, 1.165) is 17.8 Å². The Kier molecular flexibility index (Phi) is 3.29. The van der Waals surface area contributed by atoms with Crippen molar-refractivity contribution in [2.75, 3.05) is 0 Å². The zero-order chi connectivity index (χ0) is 17.8. The topological polar surface area (TPSA) is 12.9 Å². The molecular weight excluding hydrogens is 323 g/mol. The Hall–Kier alpha value is -2.62. The van der Waals surface area contributed by atoms with Gasteiger partial charge in [0.25, 0.3) is 0 Å². The second-order valence-electron chi connectivity index (χ2n) is 6.86. The van der Waals surface area contributed by atoms with E-state index >= 15 is 0 Å². The van der Waals surface area contributed by atoms with Crippen LogP contribution >= 0.6 is 0 Å². The van der Waals surface area contributed by atoms with Crippen molar-refractivity contribution >= 4 is 0 Å².